The van der Waals surface area contributed by atoms with Crippen LogP contribution in [0.4, 0.5) is 0 Å². The first kappa shape index (κ1) is 16.6. The highest BCUT2D eigenvalue weighted by molar-refractivity contribution is 5.82. The second-order valence-corrected chi connectivity index (χ2v) is 6.38. The van der Waals surface area contributed by atoms with Crippen molar-refractivity contribution in [3.8, 4) is 11.5 Å². The van der Waals surface area contributed by atoms with Gasteiger partial charge in [0.15, 0.2) is 0 Å². The lowest BCUT2D eigenvalue weighted by molar-refractivity contribution is -0.127. The van der Waals surface area contributed by atoms with Gasteiger partial charge in [-0.3, -0.25) is 14.7 Å². The Hall–Kier alpha value is -2.28. The molecule has 2 aromatic heterocycles. The van der Waals surface area contributed by atoms with E-state index in [9.17, 15) is 4.79 Å². The van der Waals surface area contributed by atoms with Crippen molar-refractivity contribution in [2.45, 2.75) is 39.3 Å². The van der Waals surface area contributed by atoms with Crippen molar-refractivity contribution in [1.29, 1.82) is 0 Å². The van der Waals surface area contributed by atoms with Crippen LogP contribution in [0.3, 0.4) is 0 Å². The molecule has 7 heteroatoms. The number of carbonyl (C=O) groups is 1. The van der Waals surface area contributed by atoms with Crippen molar-refractivity contribution in [2.24, 2.45) is 5.92 Å². The van der Waals surface area contributed by atoms with Crippen molar-refractivity contribution >= 4 is 5.91 Å². The minimum absolute atomic E-state index is 0.0180. The maximum atomic E-state index is 12.6. The molecule has 1 N–H and O–H groups in total. The zero-order chi connectivity index (χ0) is 16.9. The molecule has 0 radical (unpaired) electrons. The van der Waals surface area contributed by atoms with E-state index < -0.39 is 0 Å². The molecule has 3 heterocycles. The number of nitrogens with one attached hydrogen (secondary N) is 1. The molecule has 0 unspecified atom stereocenters. The molecule has 7 nitrogen and oxygen atoms in total. The molecule has 1 amide bonds. The Balaban J connectivity index is 1.60. The Morgan fingerprint density at radius 3 is 2.79 bits per heavy atom. The van der Waals surface area contributed by atoms with Gasteiger partial charge in [-0.15, -0.1) is 0 Å². The fraction of sp³-hybridized carbons (Fsp3) is 0.529. The van der Waals surface area contributed by atoms with E-state index >= 15 is 0 Å². The SMILES string of the molecule is CC(C)[C@@H](C(=O)NCc1nc(-c2ccccn2)no1)N1CCCC1. The molecule has 0 spiro atoms. The van der Waals surface area contributed by atoms with Crippen molar-refractivity contribution in [3.63, 3.8) is 0 Å². The molecule has 3 rings (SSSR count). The van der Waals surface area contributed by atoms with Crippen molar-refractivity contribution in [1.82, 2.24) is 25.3 Å². The summed E-state index contributed by atoms with van der Waals surface area (Å²) in [7, 11) is 0. The molecular weight excluding hydrogens is 306 g/mol. The van der Waals surface area contributed by atoms with Gasteiger partial charge in [-0.25, -0.2) is 0 Å². The number of carbonyl (C=O) groups excluding carboxylic acids is 1. The van der Waals surface area contributed by atoms with E-state index in [0.29, 0.717) is 17.4 Å². The summed E-state index contributed by atoms with van der Waals surface area (Å²) in [4.78, 5) is 23.3. The van der Waals surface area contributed by atoms with Crippen LogP contribution in [0.15, 0.2) is 28.9 Å². The van der Waals surface area contributed by atoms with Gasteiger partial charge >= 0.3 is 0 Å². The number of amides is 1. The lowest BCUT2D eigenvalue weighted by Crippen LogP contribution is -2.48. The van der Waals surface area contributed by atoms with E-state index in [4.69, 9.17) is 4.52 Å². The van der Waals surface area contributed by atoms with E-state index in [2.05, 4.69) is 39.2 Å². The van der Waals surface area contributed by atoms with E-state index in [1.807, 2.05) is 18.2 Å². The molecule has 1 aliphatic rings. The summed E-state index contributed by atoms with van der Waals surface area (Å²) in [5.74, 6) is 1.09. The minimum Gasteiger partial charge on any atom is -0.346 e. The largest absolute Gasteiger partial charge is 0.346 e. The summed E-state index contributed by atoms with van der Waals surface area (Å²) in [6.45, 7) is 6.36. The Labute approximate surface area is 141 Å². The first-order valence-electron chi connectivity index (χ1n) is 8.41. The summed E-state index contributed by atoms with van der Waals surface area (Å²) in [5.41, 5.74) is 0.649. The molecule has 0 aliphatic carbocycles. The zero-order valence-corrected chi connectivity index (χ0v) is 14.1. The summed E-state index contributed by atoms with van der Waals surface area (Å²) in [5, 5.41) is 6.84. The van der Waals surface area contributed by atoms with Gasteiger partial charge in [0.05, 0.1) is 12.6 Å². The van der Waals surface area contributed by atoms with Gasteiger partial charge in [-0.1, -0.05) is 25.1 Å². The Kier molecular flexibility index (Phi) is 5.20. The van der Waals surface area contributed by atoms with Crippen molar-refractivity contribution < 1.29 is 9.32 Å². The number of likely N-dealkylation sites (tertiary alicyclic amines) is 1. The van der Waals surface area contributed by atoms with Crippen LogP contribution in [0.2, 0.25) is 0 Å². The fourth-order valence-electron chi connectivity index (χ4n) is 3.10. The Morgan fingerprint density at radius 2 is 2.12 bits per heavy atom. The Bertz CT molecular complexity index is 665. The molecule has 1 fully saturated rings. The van der Waals surface area contributed by atoms with Crippen LogP contribution in [0.5, 0.6) is 0 Å². The van der Waals surface area contributed by atoms with Crippen LogP contribution in [-0.2, 0) is 11.3 Å². The molecule has 1 atom stereocenters. The second kappa shape index (κ2) is 7.53. The Morgan fingerprint density at radius 1 is 1.33 bits per heavy atom. The molecule has 128 valence electrons. The van der Waals surface area contributed by atoms with Crippen LogP contribution in [0.25, 0.3) is 11.5 Å². The zero-order valence-electron chi connectivity index (χ0n) is 14.1. The highest BCUT2D eigenvalue weighted by Gasteiger charge is 2.30. The van der Waals surface area contributed by atoms with Crippen LogP contribution in [-0.4, -0.2) is 45.1 Å². The molecule has 0 bridgehead atoms. The molecule has 1 saturated heterocycles. The molecule has 0 saturated carbocycles. The third-order valence-electron chi connectivity index (χ3n) is 4.21. The van der Waals surface area contributed by atoms with Crippen LogP contribution < -0.4 is 5.32 Å². The van der Waals surface area contributed by atoms with Crippen LogP contribution in [0, 0.1) is 5.92 Å². The lowest BCUT2D eigenvalue weighted by Gasteiger charge is -2.29. The van der Waals surface area contributed by atoms with E-state index in [1.165, 1.54) is 0 Å². The lowest BCUT2D eigenvalue weighted by atomic mass is 10.0. The van der Waals surface area contributed by atoms with Crippen molar-refractivity contribution in [3.05, 3.63) is 30.3 Å². The predicted molar refractivity (Wildman–Crippen MR) is 88.8 cm³/mol. The highest BCUT2D eigenvalue weighted by atomic mass is 16.5. The molecular formula is C17H23N5O2. The summed E-state index contributed by atoms with van der Waals surface area (Å²) in [6, 6.07) is 5.40. The molecule has 1 aliphatic heterocycles. The fourth-order valence-corrected chi connectivity index (χ4v) is 3.10. The van der Waals surface area contributed by atoms with Gasteiger partial charge in [0.1, 0.15) is 5.69 Å². The predicted octanol–water partition coefficient (Wildman–Crippen LogP) is 1.87. The maximum Gasteiger partial charge on any atom is 0.246 e. The molecule has 2 aromatic rings. The monoisotopic (exact) mass is 329 g/mol. The quantitative estimate of drug-likeness (QED) is 0.871. The first-order valence-corrected chi connectivity index (χ1v) is 8.41. The van der Waals surface area contributed by atoms with Crippen LogP contribution >= 0.6 is 0 Å². The van der Waals surface area contributed by atoms with Gasteiger partial charge in [-0.2, -0.15) is 4.98 Å². The smallest absolute Gasteiger partial charge is 0.246 e. The number of aromatic nitrogens is 3. The van der Waals surface area contributed by atoms with Crippen molar-refractivity contribution in [2.75, 3.05) is 13.1 Å². The van der Waals surface area contributed by atoms with E-state index in [1.54, 1.807) is 6.20 Å². The minimum atomic E-state index is -0.106. The van der Waals surface area contributed by atoms with Gasteiger partial charge in [0.2, 0.25) is 17.6 Å². The second-order valence-electron chi connectivity index (χ2n) is 6.38. The number of hydrogen-bond acceptors (Lipinski definition) is 6. The normalized spacial score (nSPS) is 16.5. The van der Waals surface area contributed by atoms with Gasteiger partial charge in [0, 0.05) is 6.20 Å². The topological polar surface area (TPSA) is 84.2 Å². The van der Waals surface area contributed by atoms with Gasteiger partial charge in [-0.05, 0) is 44.0 Å². The van der Waals surface area contributed by atoms with E-state index in [-0.39, 0.29) is 24.4 Å². The maximum absolute atomic E-state index is 12.6. The summed E-state index contributed by atoms with van der Waals surface area (Å²) in [6.07, 6.45) is 4.00. The number of nitrogens with zero attached hydrogens (tertiary/aromatic N) is 4. The average Bonchev–Trinajstić information content (AvgIpc) is 3.25. The third-order valence-corrected chi connectivity index (χ3v) is 4.21. The summed E-state index contributed by atoms with van der Waals surface area (Å²) < 4.78 is 5.21. The summed E-state index contributed by atoms with van der Waals surface area (Å²) >= 11 is 0. The van der Waals surface area contributed by atoms with E-state index in [0.717, 1.165) is 25.9 Å². The average molecular weight is 329 g/mol. The molecule has 0 aromatic carbocycles. The van der Waals surface area contributed by atoms with Gasteiger partial charge < -0.3 is 9.84 Å². The number of pyridine rings is 1. The third kappa shape index (κ3) is 3.79. The van der Waals surface area contributed by atoms with Crippen LogP contribution in [0.1, 0.15) is 32.6 Å². The highest BCUT2D eigenvalue weighted by Crippen LogP contribution is 2.18. The standard InChI is InChI=1S/C17H23N5O2/c1-12(2)15(22-9-5-6-10-22)17(23)19-11-14-20-16(21-24-14)13-7-3-4-8-18-13/h3-4,7-8,12,15H,5-6,9-11H2,1-2H3,(H,19,23)/t15-/m0/s1. The number of rotatable bonds is 6. The first-order chi connectivity index (χ1) is 11.6. The number of hydrogen-bond donors (Lipinski definition) is 1. The van der Waals surface area contributed by atoms with Gasteiger partial charge in [0.25, 0.3) is 0 Å². The molecule has 24 heavy (non-hydrogen) atoms.